The SMILES string of the molecule is C[C@H](Sc1nnc(-c2ccc(O)cc2)n1Cc1ccco1)C(=O)Nc1cccc2ccccc12. The second kappa shape index (κ2) is 9.44. The Labute approximate surface area is 200 Å². The summed E-state index contributed by atoms with van der Waals surface area (Å²) in [6.45, 7) is 2.26. The van der Waals surface area contributed by atoms with Gasteiger partial charge in [0.2, 0.25) is 5.91 Å². The number of anilines is 1. The largest absolute Gasteiger partial charge is 0.508 e. The number of phenols is 1. The molecular weight excluding hydrogens is 448 g/mol. The lowest BCUT2D eigenvalue weighted by Crippen LogP contribution is -2.23. The fraction of sp³-hybridized carbons (Fsp3) is 0.115. The van der Waals surface area contributed by atoms with Crippen molar-refractivity contribution in [2.45, 2.75) is 23.9 Å². The quantitative estimate of drug-likeness (QED) is 0.302. The van der Waals surface area contributed by atoms with E-state index in [1.165, 1.54) is 11.8 Å². The number of aromatic nitrogens is 3. The number of fused-ring (bicyclic) bond motifs is 1. The molecule has 7 nitrogen and oxygen atoms in total. The summed E-state index contributed by atoms with van der Waals surface area (Å²) in [5.41, 5.74) is 1.58. The number of aromatic hydroxyl groups is 1. The lowest BCUT2D eigenvalue weighted by Gasteiger charge is -2.14. The van der Waals surface area contributed by atoms with E-state index in [9.17, 15) is 9.90 Å². The average Bonchev–Trinajstić information content (AvgIpc) is 3.51. The van der Waals surface area contributed by atoms with Crippen molar-refractivity contribution in [3.05, 3.63) is 90.9 Å². The number of hydrogen-bond donors (Lipinski definition) is 2. The summed E-state index contributed by atoms with van der Waals surface area (Å²) in [6, 6.07) is 24.3. The normalized spacial score (nSPS) is 12.0. The first-order valence-electron chi connectivity index (χ1n) is 10.8. The van der Waals surface area contributed by atoms with Crippen LogP contribution in [0.5, 0.6) is 5.75 Å². The third kappa shape index (κ3) is 4.53. The minimum absolute atomic E-state index is 0.125. The molecule has 3 aromatic carbocycles. The number of nitrogens with one attached hydrogen (secondary N) is 1. The molecule has 0 fully saturated rings. The highest BCUT2D eigenvalue weighted by molar-refractivity contribution is 8.00. The van der Waals surface area contributed by atoms with Gasteiger partial charge in [-0.3, -0.25) is 9.36 Å². The number of hydrogen-bond acceptors (Lipinski definition) is 6. The van der Waals surface area contributed by atoms with Crippen LogP contribution in [0, 0.1) is 0 Å². The fourth-order valence-corrected chi connectivity index (χ4v) is 4.53. The number of carbonyl (C=O) groups is 1. The zero-order valence-electron chi connectivity index (χ0n) is 18.4. The third-order valence-corrected chi connectivity index (χ3v) is 6.52. The van der Waals surface area contributed by atoms with Crippen LogP contribution in [0.1, 0.15) is 12.7 Å². The Morgan fingerprint density at radius 2 is 1.82 bits per heavy atom. The number of phenolic OH excluding ortho intramolecular Hbond substituents is 1. The predicted molar refractivity (Wildman–Crippen MR) is 133 cm³/mol. The second-order valence-electron chi connectivity index (χ2n) is 7.79. The van der Waals surface area contributed by atoms with Crippen molar-refractivity contribution in [3.8, 4) is 17.1 Å². The van der Waals surface area contributed by atoms with Gasteiger partial charge in [0.25, 0.3) is 0 Å². The van der Waals surface area contributed by atoms with Crippen molar-refractivity contribution >= 4 is 34.1 Å². The van der Waals surface area contributed by atoms with Crippen LogP contribution in [0.4, 0.5) is 5.69 Å². The van der Waals surface area contributed by atoms with E-state index in [2.05, 4.69) is 15.5 Å². The molecule has 0 saturated carbocycles. The van der Waals surface area contributed by atoms with Gasteiger partial charge in [-0.25, -0.2) is 0 Å². The summed E-state index contributed by atoms with van der Waals surface area (Å²) in [5.74, 6) is 1.42. The fourth-order valence-electron chi connectivity index (χ4n) is 3.68. The van der Waals surface area contributed by atoms with E-state index >= 15 is 0 Å². The molecule has 0 saturated heterocycles. The first-order chi connectivity index (χ1) is 16.6. The van der Waals surface area contributed by atoms with Crippen LogP contribution in [0.25, 0.3) is 22.2 Å². The number of furan rings is 1. The highest BCUT2D eigenvalue weighted by Gasteiger charge is 2.22. The lowest BCUT2D eigenvalue weighted by molar-refractivity contribution is -0.115. The molecule has 2 heterocycles. The molecule has 5 rings (SSSR count). The molecular formula is C26H22N4O3S. The van der Waals surface area contributed by atoms with Gasteiger partial charge in [0, 0.05) is 16.6 Å². The topological polar surface area (TPSA) is 93.2 Å². The molecule has 2 N–H and O–H groups in total. The molecule has 0 unspecified atom stereocenters. The van der Waals surface area contributed by atoms with E-state index in [1.54, 1.807) is 30.5 Å². The zero-order chi connectivity index (χ0) is 23.5. The van der Waals surface area contributed by atoms with Gasteiger partial charge in [-0.2, -0.15) is 0 Å². The van der Waals surface area contributed by atoms with E-state index in [4.69, 9.17) is 4.42 Å². The molecule has 0 aliphatic rings. The van der Waals surface area contributed by atoms with Gasteiger partial charge >= 0.3 is 0 Å². The maximum Gasteiger partial charge on any atom is 0.237 e. The molecule has 0 bridgehead atoms. The highest BCUT2D eigenvalue weighted by atomic mass is 32.2. The molecule has 0 aliphatic heterocycles. The number of amides is 1. The smallest absolute Gasteiger partial charge is 0.237 e. The van der Waals surface area contributed by atoms with Crippen LogP contribution >= 0.6 is 11.8 Å². The molecule has 5 aromatic rings. The standard InChI is InChI=1S/C26H22N4O3S/c1-17(25(32)27-23-10-4-7-18-6-2-3-9-22(18)23)34-26-29-28-24(19-11-13-20(31)14-12-19)30(26)16-21-8-5-15-33-21/h2-15,17,31H,16H2,1H3,(H,27,32)/t17-/m0/s1. The van der Waals surface area contributed by atoms with Crippen molar-refractivity contribution in [1.29, 1.82) is 0 Å². The van der Waals surface area contributed by atoms with Gasteiger partial charge in [-0.15, -0.1) is 10.2 Å². The molecule has 0 radical (unpaired) electrons. The van der Waals surface area contributed by atoms with E-state index in [1.807, 2.05) is 66.1 Å². The zero-order valence-corrected chi connectivity index (χ0v) is 19.2. The summed E-state index contributed by atoms with van der Waals surface area (Å²) < 4.78 is 7.45. The van der Waals surface area contributed by atoms with Gasteiger partial charge in [0.05, 0.1) is 18.1 Å². The Hall–Kier alpha value is -4.04. The van der Waals surface area contributed by atoms with Crippen LogP contribution in [0.15, 0.2) is 94.7 Å². The monoisotopic (exact) mass is 470 g/mol. The van der Waals surface area contributed by atoms with E-state index in [0.29, 0.717) is 17.5 Å². The Morgan fingerprint density at radius 3 is 2.62 bits per heavy atom. The summed E-state index contributed by atoms with van der Waals surface area (Å²) in [5, 5.41) is 23.7. The third-order valence-electron chi connectivity index (χ3n) is 5.44. The van der Waals surface area contributed by atoms with Crippen LogP contribution < -0.4 is 5.32 Å². The number of rotatable bonds is 7. The van der Waals surface area contributed by atoms with E-state index in [0.717, 1.165) is 27.8 Å². The van der Waals surface area contributed by atoms with E-state index in [-0.39, 0.29) is 11.7 Å². The average molecular weight is 471 g/mol. The van der Waals surface area contributed by atoms with Gasteiger partial charge in [0.1, 0.15) is 11.5 Å². The minimum Gasteiger partial charge on any atom is -0.508 e. The highest BCUT2D eigenvalue weighted by Crippen LogP contribution is 2.30. The molecule has 170 valence electrons. The predicted octanol–water partition coefficient (Wildman–Crippen LogP) is 5.56. The van der Waals surface area contributed by atoms with E-state index < -0.39 is 5.25 Å². The maximum absolute atomic E-state index is 13.1. The first-order valence-corrected chi connectivity index (χ1v) is 11.7. The molecule has 2 aromatic heterocycles. The minimum atomic E-state index is -0.425. The van der Waals surface area contributed by atoms with Crippen LogP contribution in [0.3, 0.4) is 0 Å². The summed E-state index contributed by atoms with van der Waals surface area (Å²) >= 11 is 1.33. The number of thioether (sulfide) groups is 1. The summed E-state index contributed by atoms with van der Waals surface area (Å²) in [7, 11) is 0. The van der Waals surface area contributed by atoms with Crippen molar-refractivity contribution in [2.24, 2.45) is 0 Å². The number of benzene rings is 3. The molecule has 34 heavy (non-hydrogen) atoms. The van der Waals surface area contributed by atoms with Crippen molar-refractivity contribution < 1.29 is 14.3 Å². The van der Waals surface area contributed by atoms with Crippen LogP contribution in [-0.2, 0) is 11.3 Å². The van der Waals surface area contributed by atoms with Gasteiger partial charge in [-0.1, -0.05) is 48.2 Å². The number of nitrogens with zero attached hydrogens (tertiary/aromatic N) is 3. The van der Waals surface area contributed by atoms with Gasteiger partial charge < -0.3 is 14.8 Å². The Morgan fingerprint density at radius 1 is 1.03 bits per heavy atom. The first kappa shape index (κ1) is 21.8. The van der Waals surface area contributed by atoms with Crippen molar-refractivity contribution in [2.75, 3.05) is 5.32 Å². The lowest BCUT2D eigenvalue weighted by atomic mass is 10.1. The Balaban J connectivity index is 1.40. The molecule has 1 amide bonds. The second-order valence-corrected chi connectivity index (χ2v) is 9.10. The number of carbonyl (C=O) groups excluding carboxylic acids is 1. The van der Waals surface area contributed by atoms with Crippen molar-refractivity contribution in [1.82, 2.24) is 14.8 Å². The molecule has 0 aliphatic carbocycles. The maximum atomic E-state index is 13.1. The summed E-state index contributed by atoms with van der Waals surface area (Å²) in [4.78, 5) is 13.1. The van der Waals surface area contributed by atoms with Crippen LogP contribution in [0.2, 0.25) is 0 Å². The van der Waals surface area contributed by atoms with Gasteiger partial charge in [-0.05, 0) is 54.8 Å². The Kier molecular flexibility index (Phi) is 6.05. The van der Waals surface area contributed by atoms with Crippen LogP contribution in [-0.4, -0.2) is 31.0 Å². The molecule has 8 heteroatoms. The van der Waals surface area contributed by atoms with Gasteiger partial charge in [0.15, 0.2) is 11.0 Å². The molecule has 0 spiro atoms. The molecule has 1 atom stereocenters. The Bertz CT molecular complexity index is 1420. The summed E-state index contributed by atoms with van der Waals surface area (Å²) in [6.07, 6.45) is 1.62. The van der Waals surface area contributed by atoms with Crippen molar-refractivity contribution in [3.63, 3.8) is 0 Å².